The van der Waals surface area contributed by atoms with Crippen LogP contribution in [0.3, 0.4) is 0 Å². The molecule has 1 N–H and O–H groups in total. The minimum absolute atomic E-state index is 0.0671. The molecule has 0 aliphatic heterocycles. The van der Waals surface area contributed by atoms with Gasteiger partial charge < -0.3 is 5.32 Å². The van der Waals surface area contributed by atoms with Crippen LogP contribution in [0.5, 0.6) is 0 Å². The van der Waals surface area contributed by atoms with Crippen molar-refractivity contribution >= 4 is 5.91 Å². The first-order valence-corrected chi connectivity index (χ1v) is 7.35. The number of benzene rings is 2. The van der Waals surface area contributed by atoms with Gasteiger partial charge in [-0.15, -0.1) is 0 Å². The third kappa shape index (κ3) is 3.63. The zero-order chi connectivity index (χ0) is 16.9. The minimum Gasteiger partial charge on any atom is -0.341 e. The van der Waals surface area contributed by atoms with Gasteiger partial charge in [-0.2, -0.15) is 0 Å². The largest absolute Gasteiger partial charge is 0.341 e. The summed E-state index contributed by atoms with van der Waals surface area (Å²) in [6.07, 6.45) is 3.25. The molecule has 1 atom stereocenters. The lowest BCUT2D eigenvalue weighted by molar-refractivity contribution is 0.0942. The highest BCUT2D eigenvalue weighted by Crippen LogP contribution is 2.22. The third-order valence-electron chi connectivity index (χ3n) is 3.57. The summed E-state index contributed by atoms with van der Waals surface area (Å²) in [7, 11) is 0. The molecular formula is C19H14F2N2O. The fraction of sp³-hybridized carbons (Fsp3) is 0.0526. The molecule has 0 spiro atoms. The normalized spacial score (nSPS) is 11.8. The van der Waals surface area contributed by atoms with Crippen molar-refractivity contribution in [1.82, 2.24) is 10.3 Å². The number of carbonyl (C=O) groups excluding carboxylic acids is 1. The lowest BCUT2D eigenvalue weighted by Gasteiger charge is -2.20. The highest BCUT2D eigenvalue weighted by molar-refractivity contribution is 5.94. The second-order valence-corrected chi connectivity index (χ2v) is 5.26. The van der Waals surface area contributed by atoms with Crippen molar-refractivity contribution in [2.75, 3.05) is 0 Å². The molecule has 5 heteroatoms. The van der Waals surface area contributed by atoms with Crippen LogP contribution in [0.4, 0.5) is 8.78 Å². The van der Waals surface area contributed by atoms with Gasteiger partial charge in [0.1, 0.15) is 11.6 Å². The zero-order valence-electron chi connectivity index (χ0n) is 12.6. The van der Waals surface area contributed by atoms with Gasteiger partial charge in [-0.1, -0.05) is 30.3 Å². The molecule has 1 heterocycles. The van der Waals surface area contributed by atoms with Gasteiger partial charge in [0, 0.05) is 24.0 Å². The maximum atomic E-state index is 13.3. The van der Waals surface area contributed by atoms with Crippen molar-refractivity contribution in [2.24, 2.45) is 0 Å². The molecular weight excluding hydrogens is 310 g/mol. The van der Waals surface area contributed by atoms with Crippen LogP contribution in [0.15, 0.2) is 73.1 Å². The number of rotatable bonds is 4. The van der Waals surface area contributed by atoms with Crippen LogP contribution in [0.25, 0.3) is 0 Å². The Hall–Kier alpha value is -3.08. The van der Waals surface area contributed by atoms with E-state index in [-0.39, 0.29) is 5.56 Å². The smallest absolute Gasteiger partial charge is 0.252 e. The fourth-order valence-electron chi connectivity index (χ4n) is 2.46. The topological polar surface area (TPSA) is 42.0 Å². The first kappa shape index (κ1) is 15.8. The average molecular weight is 324 g/mol. The molecule has 0 aliphatic carbocycles. The molecule has 0 bridgehead atoms. The number of hydrogen-bond donors (Lipinski definition) is 1. The van der Waals surface area contributed by atoms with Crippen molar-refractivity contribution < 1.29 is 13.6 Å². The monoisotopic (exact) mass is 324 g/mol. The summed E-state index contributed by atoms with van der Waals surface area (Å²) < 4.78 is 26.7. The van der Waals surface area contributed by atoms with E-state index in [1.807, 2.05) is 30.3 Å². The van der Waals surface area contributed by atoms with E-state index < -0.39 is 23.6 Å². The number of carbonyl (C=O) groups is 1. The Bertz CT molecular complexity index is 779. The molecule has 3 aromatic rings. The summed E-state index contributed by atoms with van der Waals surface area (Å²) in [5, 5.41) is 2.82. The van der Waals surface area contributed by atoms with Crippen LogP contribution in [0.1, 0.15) is 27.5 Å². The SMILES string of the molecule is O=C(N[C@H](c1ccccc1)c1ccncc1)c1cc(F)cc(F)c1. The molecule has 1 aromatic heterocycles. The number of hydrogen-bond acceptors (Lipinski definition) is 2. The number of amides is 1. The van der Waals surface area contributed by atoms with Gasteiger partial charge in [0.05, 0.1) is 6.04 Å². The van der Waals surface area contributed by atoms with Crippen LogP contribution in [-0.4, -0.2) is 10.9 Å². The molecule has 0 fully saturated rings. The summed E-state index contributed by atoms with van der Waals surface area (Å²) in [5.41, 5.74) is 1.61. The van der Waals surface area contributed by atoms with Crippen LogP contribution in [0.2, 0.25) is 0 Å². The van der Waals surface area contributed by atoms with E-state index in [1.165, 1.54) is 0 Å². The maximum absolute atomic E-state index is 13.3. The number of nitrogens with zero attached hydrogens (tertiary/aromatic N) is 1. The highest BCUT2D eigenvalue weighted by Gasteiger charge is 2.18. The molecule has 0 aliphatic rings. The first-order valence-electron chi connectivity index (χ1n) is 7.35. The van der Waals surface area contributed by atoms with Crippen LogP contribution < -0.4 is 5.32 Å². The second-order valence-electron chi connectivity index (χ2n) is 5.26. The standard InChI is InChI=1S/C19H14F2N2O/c20-16-10-15(11-17(21)12-16)19(24)23-18(13-4-2-1-3-5-13)14-6-8-22-9-7-14/h1-12,18H,(H,23,24)/t18-/m1/s1. The molecule has 3 rings (SSSR count). The Morgan fingerprint density at radius 1 is 0.875 bits per heavy atom. The highest BCUT2D eigenvalue weighted by atomic mass is 19.1. The Morgan fingerprint density at radius 3 is 2.08 bits per heavy atom. The molecule has 0 saturated carbocycles. The number of nitrogens with one attached hydrogen (secondary N) is 1. The van der Waals surface area contributed by atoms with E-state index in [9.17, 15) is 13.6 Å². The number of aromatic nitrogens is 1. The van der Waals surface area contributed by atoms with E-state index in [0.29, 0.717) is 0 Å². The summed E-state index contributed by atoms with van der Waals surface area (Å²) in [4.78, 5) is 16.4. The summed E-state index contributed by atoms with van der Waals surface area (Å²) in [6.45, 7) is 0. The van der Waals surface area contributed by atoms with E-state index >= 15 is 0 Å². The van der Waals surface area contributed by atoms with Crippen molar-refractivity contribution in [2.45, 2.75) is 6.04 Å². The first-order chi connectivity index (χ1) is 11.6. The molecule has 1 amide bonds. The van der Waals surface area contributed by atoms with Crippen molar-refractivity contribution in [3.63, 3.8) is 0 Å². The van der Waals surface area contributed by atoms with Gasteiger partial charge in [0.15, 0.2) is 0 Å². The van der Waals surface area contributed by atoms with E-state index in [4.69, 9.17) is 0 Å². The Balaban J connectivity index is 1.93. The maximum Gasteiger partial charge on any atom is 0.252 e. The van der Waals surface area contributed by atoms with E-state index in [2.05, 4.69) is 10.3 Å². The number of halogens is 2. The van der Waals surface area contributed by atoms with E-state index in [1.54, 1.807) is 24.5 Å². The summed E-state index contributed by atoms with van der Waals surface area (Å²) >= 11 is 0. The summed E-state index contributed by atoms with van der Waals surface area (Å²) in [6, 6.07) is 15.2. The lowest BCUT2D eigenvalue weighted by Crippen LogP contribution is -2.29. The van der Waals surface area contributed by atoms with Crippen molar-refractivity contribution in [3.8, 4) is 0 Å². The van der Waals surface area contributed by atoms with Gasteiger partial charge >= 0.3 is 0 Å². The Labute approximate surface area is 138 Å². The van der Waals surface area contributed by atoms with Crippen LogP contribution in [-0.2, 0) is 0 Å². The fourth-order valence-corrected chi connectivity index (χ4v) is 2.46. The zero-order valence-corrected chi connectivity index (χ0v) is 12.6. The molecule has 0 unspecified atom stereocenters. The average Bonchev–Trinajstić information content (AvgIpc) is 2.60. The second kappa shape index (κ2) is 7.00. The molecule has 120 valence electrons. The molecule has 0 radical (unpaired) electrons. The lowest BCUT2D eigenvalue weighted by atomic mass is 9.99. The molecule has 0 saturated heterocycles. The van der Waals surface area contributed by atoms with Crippen molar-refractivity contribution in [1.29, 1.82) is 0 Å². The van der Waals surface area contributed by atoms with Crippen LogP contribution >= 0.6 is 0 Å². The summed E-state index contributed by atoms with van der Waals surface area (Å²) in [5.74, 6) is -2.14. The Kier molecular flexibility index (Phi) is 4.61. The predicted molar refractivity (Wildman–Crippen MR) is 86.3 cm³/mol. The number of pyridine rings is 1. The van der Waals surface area contributed by atoms with Gasteiger partial charge in [0.2, 0.25) is 0 Å². The third-order valence-corrected chi connectivity index (χ3v) is 3.57. The molecule has 24 heavy (non-hydrogen) atoms. The quantitative estimate of drug-likeness (QED) is 0.791. The molecule has 2 aromatic carbocycles. The van der Waals surface area contributed by atoms with Gasteiger partial charge in [-0.25, -0.2) is 8.78 Å². The van der Waals surface area contributed by atoms with Gasteiger partial charge in [-0.05, 0) is 35.4 Å². The van der Waals surface area contributed by atoms with Gasteiger partial charge in [0.25, 0.3) is 5.91 Å². The van der Waals surface area contributed by atoms with Crippen molar-refractivity contribution in [3.05, 3.63) is 101 Å². The molecule has 3 nitrogen and oxygen atoms in total. The van der Waals surface area contributed by atoms with E-state index in [0.717, 1.165) is 29.3 Å². The Morgan fingerprint density at radius 2 is 1.46 bits per heavy atom. The van der Waals surface area contributed by atoms with Gasteiger partial charge in [-0.3, -0.25) is 9.78 Å². The van der Waals surface area contributed by atoms with Crippen LogP contribution in [0, 0.1) is 11.6 Å². The minimum atomic E-state index is -0.791. The predicted octanol–water partition coefficient (Wildman–Crippen LogP) is 3.88.